The van der Waals surface area contributed by atoms with Crippen molar-refractivity contribution in [3.63, 3.8) is 0 Å². The Hall–Kier alpha value is -0.930. The Balaban J connectivity index is 0.000000243. The summed E-state index contributed by atoms with van der Waals surface area (Å²) in [5.74, 6) is 0. The Morgan fingerprint density at radius 3 is 2.38 bits per heavy atom. The van der Waals surface area contributed by atoms with Gasteiger partial charge in [-0.2, -0.15) is 0 Å². The molecule has 1 rings (SSSR count). The number of hydrogen-bond donors (Lipinski definition) is 0. The molecule has 0 aromatic heterocycles. The van der Waals surface area contributed by atoms with Crippen molar-refractivity contribution >= 4 is 6.29 Å². The van der Waals surface area contributed by atoms with Crippen molar-refractivity contribution in [3.8, 4) is 0 Å². The van der Waals surface area contributed by atoms with E-state index in [1.807, 2.05) is 13.0 Å². The molecule has 1 aliphatic rings. The smallest absolute Gasteiger partial charge is 0.146 e. The first-order valence-corrected chi connectivity index (χ1v) is 4.18. The van der Waals surface area contributed by atoms with Crippen molar-refractivity contribution < 1.29 is 14.3 Å². The van der Waals surface area contributed by atoms with Crippen LogP contribution in [0.3, 0.4) is 0 Å². The van der Waals surface area contributed by atoms with Gasteiger partial charge in [0.2, 0.25) is 0 Å². The van der Waals surface area contributed by atoms with E-state index in [4.69, 9.17) is 9.47 Å². The van der Waals surface area contributed by atoms with Crippen LogP contribution in [0.25, 0.3) is 0 Å². The van der Waals surface area contributed by atoms with Gasteiger partial charge in [-0.15, -0.1) is 0 Å². The molecule has 74 valence electrons. The maximum atomic E-state index is 9.81. The summed E-state index contributed by atoms with van der Waals surface area (Å²) in [5, 5.41) is 0. The lowest BCUT2D eigenvalue weighted by Crippen LogP contribution is -1.79. The summed E-state index contributed by atoms with van der Waals surface area (Å²) >= 11 is 0. The Labute approximate surface area is 79.0 Å². The largest absolute Gasteiger partial charge is 0.353 e. The number of rotatable bonds is 3. The van der Waals surface area contributed by atoms with Gasteiger partial charge in [0, 0.05) is 6.42 Å². The average Bonchev–Trinajstić information content (AvgIpc) is 2.61. The van der Waals surface area contributed by atoms with Crippen molar-refractivity contribution in [3.05, 3.63) is 24.3 Å². The molecule has 1 aliphatic heterocycles. The topological polar surface area (TPSA) is 35.5 Å². The van der Waals surface area contributed by atoms with E-state index in [0.717, 1.165) is 25.1 Å². The Kier molecular flexibility index (Phi) is 8.51. The Morgan fingerprint density at radius 2 is 2.08 bits per heavy atom. The second-order valence-corrected chi connectivity index (χ2v) is 2.55. The first-order valence-electron chi connectivity index (χ1n) is 4.18. The molecular weight excluding hydrogens is 168 g/mol. The first-order chi connectivity index (χ1) is 6.31. The minimum absolute atomic E-state index is 0.500. The van der Waals surface area contributed by atoms with Crippen LogP contribution in [-0.4, -0.2) is 26.3 Å². The zero-order chi connectivity index (χ0) is 9.94. The predicted molar refractivity (Wildman–Crippen MR) is 51.4 cm³/mol. The van der Waals surface area contributed by atoms with Gasteiger partial charge in [0.05, 0.1) is 13.2 Å². The van der Waals surface area contributed by atoms with E-state index < -0.39 is 0 Å². The van der Waals surface area contributed by atoms with Gasteiger partial charge in [0.1, 0.15) is 13.1 Å². The van der Waals surface area contributed by atoms with Crippen LogP contribution in [0.15, 0.2) is 24.3 Å². The van der Waals surface area contributed by atoms with Gasteiger partial charge in [-0.25, -0.2) is 0 Å². The molecule has 0 unspecified atom stereocenters. The van der Waals surface area contributed by atoms with Gasteiger partial charge in [-0.3, -0.25) is 0 Å². The van der Waals surface area contributed by atoms with E-state index in [1.165, 1.54) is 0 Å². The fourth-order valence-electron chi connectivity index (χ4n) is 0.695. The van der Waals surface area contributed by atoms with E-state index in [9.17, 15) is 4.79 Å². The van der Waals surface area contributed by atoms with Gasteiger partial charge in [0.15, 0.2) is 0 Å². The number of aldehydes is 1. The van der Waals surface area contributed by atoms with Crippen molar-refractivity contribution in [2.75, 3.05) is 20.0 Å². The number of carbonyl (C=O) groups is 1. The van der Waals surface area contributed by atoms with Crippen LogP contribution in [0.5, 0.6) is 0 Å². The second kappa shape index (κ2) is 9.16. The van der Waals surface area contributed by atoms with E-state index in [1.54, 1.807) is 6.08 Å². The lowest BCUT2D eigenvalue weighted by atomic mass is 10.2. The highest BCUT2D eigenvalue weighted by molar-refractivity contribution is 5.54. The van der Waals surface area contributed by atoms with Crippen LogP contribution < -0.4 is 0 Å². The van der Waals surface area contributed by atoms with Crippen LogP contribution in [0.2, 0.25) is 0 Å². The van der Waals surface area contributed by atoms with Crippen molar-refractivity contribution in [2.45, 2.75) is 13.3 Å². The molecule has 0 saturated carbocycles. The van der Waals surface area contributed by atoms with Crippen LogP contribution in [0, 0.1) is 0 Å². The number of hydrogen-bond acceptors (Lipinski definition) is 3. The highest BCUT2D eigenvalue weighted by Crippen LogP contribution is 1.94. The van der Waals surface area contributed by atoms with Crippen LogP contribution in [0.1, 0.15) is 13.3 Å². The normalized spacial score (nSPS) is 15.9. The molecule has 1 fully saturated rings. The van der Waals surface area contributed by atoms with E-state index in [2.05, 4.69) is 6.58 Å². The summed E-state index contributed by atoms with van der Waals surface area (Å²) < 4.78 is 9.44. The maximum absolute atomic E-state index is 9.81. The molecule has 0 aromatic carbocycles. The summed E-state index contributed by atoms with van der Waals surface area (Å²) in [6.07, 6.45) is 4.91. The van der Waals surface area contributed by atoms with Crippen LogP contribution in [0.4, 0.5) is 0 Å². The van der Waals surface area contributed by atoms with E-state index in [-0.39, 0.29) is 0 Å². The van der Waals surface area contributed by atoms with Crippen molar-refractivity contribution in [1.29, 1.82) is 0 Å². The molecule has 1 heterocycles. The third kappa shape index (κ3) is 8.98. The zero-order valence-corrected chi connectivity index (χ0v) is 7.99. The summed E-state index contributed by atoms with van der Waals surface area (Å²) in [4.78, 5) is 9.81. The standard InChI is InChI=1S/C7H10O.C3H6O2/c1-3-4-7(2)5-6-8;1-2-5-3-4-1/h3-4,6H,1,5H2,2H3;1-3H2. The zero-order valence-electron chi connectivity index (χ0n) is 7.99. The Bertz CT molecular complexity index is 161. The van der Waals surface area contributed by atoms with Gasteiger partial charge < -0.3 is 14.3 Å². The summed E-state index contributed by atoms with van der Waals surface area (Å²) in [5.41, 5.74) is 1.05. The molecule has 0 aromatic rings. The number of carbonyl (C=O) groups excluding carboxylic acids is 1. The summed E-state index contributed by atoms with van der Waals surface area (Å²) in [7, 11) is 0. The molecule has 0 aliphatic carbocycles. The van der Waals surface area contributed by atoms with Gasteiger partial charge >= 0.3 is 0 Å². The second-order valence-electron chi connectivity index (χ2n) is 2.55. The lowest BCUT2D eigenvalue weighted by molar-refractivity contribution is -0.107. The minimum Gasteiger partial charge on any atom is -0.353 e. The summed E-state index contributed by atoms with van der Waals surface area (Å²) in [6.45, 7) is 7.45. The molecule has 0 spiro atoms. The van der Waals surface area contributed by atoms with Crippen molar-refractivity contribution in [2.24, 2.45) is 0 Å². The molecule has 0 radical (unpaired) electrons. The third-order valence-electron chi connectivity index (χ3n) is 1.35. The van der Waals surface area contributed by atoms with Crippen LogP contribution >= 0.6 is 0 Å². The van der Waals surface area contributed by atoms with E-state index >= 15 is 0 Å². The monoisotopic (exact) mass is 184 g/mol. The molecule has 0 bridgehead atoms. The predicted octanol–water partition coefficient (Wildman–Crippen LogP) is 1.70. The SMILES string of the molecule is C1COCO1.C=CC=C(C)CC=O. The molecule has 0 N–H and O–H groups in total. The highest BCUT2D eigenvalue weighted by atomic mass is 16.7. The average molecular weight is 184 g/mol. The molecule has 13 heavy (non-hydrogen) atoms. The third-order valence-corrected chi connectivity index (χ3v) is 1.35. The maximum Gasteiger partial charge on any atom is 0.146 e. The fourth-order valence-corrected chi connectivity index (χ4v) is 0.695. The Morgan fingerprint density at radius 1 is 1.46 bits per heavy atom. The lowest BCUT2D eigenvalue weighted by Gasteiger charge is -1.85. The molecule has 0 atom stereocenters. The first kappa shape index (κ1) is 12.1. The highest BCUT2D eigenvalue weighted by Gasteiger charge is 1.93. The molecular formula is C10H16O3. The molecule has 3 nitrogen and oxygen atoms in total. The van der Waals surface area contributed by atoms with Gasteiger partial charge in [-0.1, -0.05) is 24.3 Å². The van der Waals surface area contributed by atoms with Gasteiger partial charge in [-0.05, 0) is 6.92 Å². The number of allylic oxidation sites excluding steroid dienone is 3. The number of ether oxygens (including phenoxy) is 2. The molecule has 3 heteroatoms. The summed E-state index contributed by atoms with van der Waals surface area (Å²) in [6, 6.07) is 0. The van der Waals surface area contributed by atoms with Crippen LogP contribution in [-0.2, 0) is 14.3 Å². The van der Waals surface area contributed by atoms with Gasteiger partial charge in [0.25, 0.3) is 0 Å². The van der Waals surface area contributed by atoms with Crippen molar-refractivity contribution in [1.82, 2.24) is 0 Å². The molecule has 0 amide bonds. The fraction of sp³-hybridized carbons (Fsp3) is 0.500. The quantitative estimate of drug-likeness (QED) is 0.494. The van der Waals surface area contributed by atoms with E-state index in [0.29, 0.717) is 13.2 Å². The minimum atomic E-state index is 0.500. The molecule has 1 saturated heterocycles.